The van der Waals surface area contributed by atoms with Crippen LogP contribution >= 0.6 is 31.9 Å². The lowest BCUT2D eigenvalue weighted by atomic mass is 10.2. The van der Waals surface area contributed by atoms with E-state index in [-0.39, 0.29) is 13.0 Å². The van der Waals surface area contributed by atoms with Crippen LogP contribution in [-0.2, 0) is 9.53 Å². The Morgan fingerprint density at radius 3 is 2.45 bits per heavy atom. The minimum Gasteiger partial charge on any atom is -0.481 e. The summed E-state index contributed by atoms with van der Waals surface area (Å²) in [4.78, 5) is 22.3. The Morgan fingerprint density at radius 2 is 1.95 bits per heavy atom. The number of hydrogen-bond acceptors (Lipinski definition) is 3. The number of urea groups is 1. The molecule has 1 aromatic rings. The number of amides is 2. The number of benzene rings is 1. The molecular formula is C12H14Br2N2O4. The van der Waals surface area contributed by atoms with Gasteiger partial charge in [-0.3, -0.25) is 4.79 Å². The Labute approximate surface area is 133 Å². The molecule has 1 atom stereocenters. The molecule has 1 unspecified atom stereocenters. The average Bonchev–Trinajstić information content (AvgIpc) is 2.38. The third-order valence-electron chi connectivity index (χ3n) is 2.43. The van der Waals surface area contributed by atoms with Crippen LogP contribution < -0.4 is 10.6 Å². The number of nitrogens with one attached hydrogen (secondary N) is 2. The highest BCUT2D eigenvalue weighted by Gasteiger charge is 2.14. The van der Waals surface area contributed by atoms with Gasteiger partial charge in [-0.25, -0.2) is 4.79 Å². The van der Waals surface area contributed by atoms with Crippen LogP contribution in [0.3, 0.4) is 0 Å². The van der Waals surface area contributed by atoms with Gasteiger partial charge in [0, 0.05) is 22.6 Å². The van der Waals surface area contributed by atoms with Crippen molar-refractivity contribution in [2.24, 2.45) is 0 Å². The Bertz CT molecular complexity index is 476. The second-order valence-electron chi connectivity index (χ2n) is 3.89. The number of methoxy groups -OCH3 is 1. The number of anilines is 1. The molecule has 3 N–H and O–H groups in total. The van der Waals surface area contributed by atoms with Crippen molar-refractivity contribution < 1.29 is 19.4 Å². The zero-order chi connectivity index (χ0) is 15.1. The van der Waals surface area contributed by atoms with Crippen LogP contribution in [0.1, 0.15) is 6.42 Å². The minimum absolute atomic E-state index is 0.108. The van der Waals surface area contributed by atoms with Crippen molar-refractivity contribution in [1.29, 1.82) is 0 Å². The van der Waals surface area contributed by atoms with Gasteiger partial charge in [0.05, 0.1) is 18.2 Å². The van der Waals surface area contributed by atoms with Gasteiger partial charge in [-0.2, -0.15) is 0 Å². The van der Waals surface area contributed by atoms with Crippen LogP contribution in [-0.4, -0.2) is 36.9 Å². The average molecular weight is 410 g/mol. The first kappa shape index (κ1) is 16.9. The third kappa shape index (κ3) is 5.48. The van der Waals surface area contributed by atoms with Crippen molar-refractivity contribution in [3.63, 3.8) is 0 Å². The molecule has 0 saturated carbocycles. The zero-order valence-corrected chi connectivity index (χ0v) is 13.8. The van der Waals surface area contributed by atoms with E-state index in [4.69, 9.17) is 9.84 Å². The van der Waals surface area contributed by atoms with Gasteiger partial charge >= 0.3 is 12.0 Å². The first-order valence-corrected chi connectivity index (χ1v) is 7.26. The molecule has 0 spiro atoms. The summed E-state index contributed by atoms with van der Waals surface area (Å²) in [5.74, 6) is -0.979. The Balaban J connectivity index is 2.53. The summed E-state index contributed by atoms with van der Waals surface area (Å²) in [5, 5.41) is 13.9. The van der Waals surface area contributed by atoms with Crippen molar-refractivity contribution in [2.45, 2.75) is 12.5 Å². The van der Waals surface area contributed by atoms with E-state index in [0.29, 0.717) is 5.69 Å². The number of carboxylic acid groups (broad SMARTS) is 1. The maximum Gasteiger partial charge on any atom is 0.319 e. The fraction of sp³-hybridized carbons (Fsp3) is 0.333. The first-order chi connectivity index (χ1) is 9.43. The van der Waals surface area contributed by atoms with Gasteiger partial charge in [0.2, 0.25) is 0 Å². The lowest BCUT2D eigenvalue weighted by Gasteiger charge is -2.15. The van der Waals surface area contributed by atoms with Gasteiger partial charge in [-0.05, 0) is 44.0 Å². The van der Waals surface area contributed by atoms with Gasteiger partial charge in [0.15, 0.2) is 0 Å². The predicted octanol–water partition coefficient (Wildman–Crippen LogP) is 2.82. The molecule has 0 aliphatic heterocycles. The van der Waals surface area contributed by atoms with Gasteiger partial charge < -0.3 is 20.5 Å². The molecular weight excluding hydrogens is 396 g/mol. The van der Waals surface area contributed by atoms with E-state index < -0.39 is 18.1 Å². The monoisotopic (exact) mass is 408 g/mol. The zero-order valence-electron chi connectivity index (χ0n) is 10.7. The quantitative estimate of drug-likeness (QED) is 0.674. The molecule has 0 fully saturated rings. The van der Waals surface area contributed by atoms with Crippen LogP contribution in [0.25, 0.3) is 0 Å². The summed E-state index contributed by atoms with van der Waals surface area (Å²) in [7, 11) is 1.40. The fourth-order valence-corrected chi connectivity index (χ4v) is 2.61. The number of aliphatic carboxylic acids is 1. The lowest BCUT2D eigenvalue weighted by molar-refractivity contribution is -0.139. The molecule has 0 bridgehead atoms. The number of carbonyl (C=O) groups excluding carboxylic acids is 1. The fourth-order valence-electron chi connectivity index (χ4n) is 1.42. The number of ether oxygens (including phenoxy) is 1. The third-order valence-corrected chi connectivity index (χ3v) is 3.75. The summed E-state index contributed by atoms with van der Waals surface area (Å²) in [5.41, 5.74) is 0.595. The van der Waals surface area contributed by atoms with Gasteiger partial charge in [-0.1, -0.05) is 6.07 Å². The number of hydrogen-bond donors (Lipinski definition) is 3. The summed E-state index contributed by atoms with van der Waals surface area (Å²) in [6.07, 6.45) is -0.740. The SMILES string of the molecule is COC(CNC(=O)Nc1c(Br)cccc1Br)CC(=O)O. The molecule has 0 radical (unpaired) electrons. The summed E-state index contributed by atoms with van der Waals surface area (Å²) >= 11 is 6.65. The van der Waals surface area contributed by atoms with Crippen molar-refractivity contribution in [3.05, 3.63) is 27.1 Å². The van der Waals surface area contributed by atoms with E-state index in [1.807, 2.05) is 6.07 Å². The molecule has 0 aliphatic rings. The largest absolute Gasteiger partial charge is 0.481 e. The van der Waals surface area contributed by atoms with E-state index in [1.54, 1.807) is 12.1 Å². The molecule has 1 rings (SSSR count). The van der Waals surface area contributed by atoms with Crippen molar-refractivity contribution in [3.8, 4) is 0 Å². The number of rotatable bonds is 6. The van der Waals surface area contributed by atoms with E-state index in [9.17, 15) is 9.59 Å². The van der Waals surface area contributed by atoms with E-state index in [2.05, 4.69) is 42.5 Å². The number of para-hydroxylation sites is 1. The standard InChI is InChI=1S/C12H14Br2N2O4/c1-20-7(5-10(17)18)6-15-12(19)16-11-8(13)3-2-4-9(11)14/h2-4,7H,5-6H2,1H3,(H,17,18)(H2,15,16,19). The van der Waals surface area contributed by atoms with Crippen molar-refractivity contribution >= 4 is 49.5 Å². The second-order valence-corrected chi connectivity index (χ2v) is 5.60. The van der Waals surface area contributed by atoms with Gasteiger partial charge in [0.1, 0.15) is 0 Å². The topological polar surface area (TPSA) is 87.7 Å². The highest BCUT2D eigenvalue weighted by molar-refractivity contribution is 9.11. The summed E-state index contributed by atoms with van der Waals surface area (Å²) in [6, 6.07) is 4.97. The molecule has 20 heavy (non-hydrogen) atoms. The Hall–Kier alpha value is -1.12. The minimum atomic E-state index is -0.979. The highest BCUT2D eigenvalue weighted by atomic mass is 79.9. The normalized spacial score (nSPS) is 11.8. The maximum absolute atomic E-state index is 11.8. The molecule has 2 amide bonds. The van der Waals surface area contributed by atoms with Crippen LogP contribution in [0, 0.1) is 0 Å². The number of halogens is 2. The van der Waals surface area contributed by atoms with Crippen LogP contribution in [0.4, 0.5) is 10.5 Å². The predicted molar refractivity (Wildman–Crippen MR) is 81.9 cm³/mol. The van der Waals surface area contributed by atoms with Gasteiger partial charge in [0.25, 0.3) is 0 Å². The Kier molecular flexibility index (Phi) is 6.97. The smallest absolute Gasteiger partial charge is 0.319 e. The molecule has 1 aromatic carbocycles. The van der Waals surface area contributed by atoms with Crippen molar-refractivity contribution in [2.75, 3.05) is 19.0 Å². The molecule has 110 valence electrons. The second kappa shape index (κ2) is 8.23. The molecule has 6 nitrogen and oxygen atoms in total. The summed E-state index contributed by atoms with van der Waals surface area (Å²) in [6.45, 7) is 0.108. The molecule has 0 aliphatic carbocycles. The van der Waals surface area contributed by atoms with Crippen LogP contribution in [0.5, 0.6) is 0 Å². The molecule has 0 aromatic heterocycles. The highest BCUT2D eigenvalue weighted by Crippen LogP contribution is 2.30. The van der Waals surface area contributed by atoms with Crippen molar-refractivity contribution in [1.82, 2.24) is 5.32 Å². The Morgan fingerprint density at radius 1 is 1.35 bits per heavy atom. The number of carboxylic acids is 1. The van der Waals surface area contributed by atoms with Gasteiger partial charge in [-0.15, -0.1) is 0 Å². The first-order valence-electron chi connectivity index (χ1n) is 5.67. The maximum atomic E-state index is 11.8. The van der Waals surface area contributed by atoms with E-state index >= 15 is 0 Å². The van der Waals surface area contributed by atoms with Crippen LogP contribution in [0.2, 0.25) is 0 Å². The lowest BCUT2D eigenvalue weighted by Crippen LogP contribution is -2.37. The van der Waals surface area contributed by atoms with Crippen LogP contribution in [0.15, 0.2) is 27.1 Å². The molecule has 0 saturated heterocycles. The summed E-state index contributed by atoms with van der Waals surface area (Å²) < 4.78 is 6.43. The van der Waals surface area contributed by atoms with E-state index in [1.165, 1.54) is 7.11 Å². The molecule has 0 heterocycles. The van der Waals surface area contributed by atoms with E-state index in [0.717, 1.165) is 8.95 Å². The molecule has 8 heteroatoms. The number of carbonyl (C=O) groups is 2.